The van der Waals surface area contributed by atoms with Crippen LogP contribution in [0.3, 0.4) is 0 Å². The molecule has 0 aromatic heterocycles. The van der Waals surface area contributed by atoms with Crippen molar-refractivity contribution in [1.29, 1.82) is 0 Å². The second-order valence-corrected chi connectivity index (χ2v) is 4.63. The fraction of sp³-hybridized carbons (Fsp3) is 0.200. The Morgan fingerprint density at radius 2 is 1.38 bits per heavy atom. The van der Waals surface area contributed by atoms with Crippen LogP contribution < -0.4 is 5.73 Å². The molecule has 1 nitrogen and oxygen atoms in total. The lowest BCUT2D eigenvalue weighted by Crippen LogP contribution is -2.29. The van der Waals surface area contributed by atoms with Crippen molar-refractivity contribution in [3.05, 3.63) is 60.2 Å². The Labute approximate surface area is 96.9 Å². The van der Waals surface area contributed by atoms with Gasteiger partial charge in [0, 0.05) is 5.54 Å². The standard InChI is InChI=1S/C15H17N/c1-15(2,16)14-11-7-6-10-13(14)12-8-4-3-5-9-12/h3-11H,16H2,1-2H3. The van der Waals surface area contributed by atoms with Crippen molar-refractivity contribution in [1.82, 2.24) is 0 Å². The SMILES string of the molecule is CC(C)(N)c1ccccc1-c1ccccc1. The van der Waals surface area contributed by atoms with Gasteiger partial charge in [-0.05, 0) is 30.5 Å². The van der Waals surface area contributed by atoms with E-state index in [0.717, 1.165) is 0 Å². The summed E-state index contributed by atoms with van der Waals surface area (Å²) in [5.74, 6) is 0. The molecule has 0 saturated heterocycles. The van der Waals surface area contributed by atoms with Crippen molar-refractivity contribution in [2.24, 2.45) is 5.73 Å². The Morgan fingerprint density at radius 3 is 2.00 bits per heavy atom. The second-order valence-electron chi connectivity index (χ2n) is 4.63. The minimum absolute atomic E-state index is 0.313. The largest absolute Gasteiger partial charge is 0.322 e. The molecule has 2 aromatic rings. The molecule has 0 spiro atoms. The van der Waals surface area contributed by atoms with E-state index < -0.39 is 0 Å². The van der Waals surface area contributed by atoms with Crippen LogP contribution in [-0.2, 0) is 5.54 Å². The van der Waals surface area contributed by atoms with Gasteiger partial charge in [-0.3, -0.25) is 0 Å². The third kappa shape index (κ3) is 2.15. The fourth-order valence-corrected chi connectivity index (χ4v) is 1.91. The molecule has 2 aromatic carbocycles. The van der Waals surface area contributed by atoms with E-state index in [1.807, 2.05) is 26.0 Å². The summed E-state index contributed by atoms with van der Waals surface area (Å²) in [5, 5.41) is 0. The molecular weight excluding hydrogens is 194 g/mol. The minimum atomic E-state index is -0.313. The predicted molar refractivity (Wildman–Crippen MR) is 69.1 cm³/mol. The molecule has 2 N–H and O–H groups in total. The van der Waals surface area contributed by atoms with E-state index in [4.69, 9.17) is 5.73 Å². The number of benzene rings is 2. The summed E-state index contributed by atoms with van der Waals surface area (Å²) in [4.78, 5) is 0. The molecule has 2 rings (SSSR count). The van der Waals surface area contributed by atoms with Crippen LogP contribution in [0.2, 0.25) is 0 Å². The van der Waals surface area contributed by atoms with Gasteiger partial charge in [0.15, 0.2) is 0 Å². The molecule has 16 heavy (non-hydrogen) atoms. The Hall–Kier alpha value is -1.60. The summed E-state index contributed by atoms with van der Waals surface area (Å²) < 4.78 is 0. The molecule has 0 aliphatic rings. The maximum Gasteiger partial charge on any atom is 0.0358 e. The lowest BCUT2D eigenvalue weighted by Gasteiger charge is -2.23. The van der Waals surface area contributed by atoms with E-state index in [1.165, 1.54) is 16.7 Å². The van der Waals surface area contributed by atoms with E-state index in [1.54, 1.807) is 0 Å². The van der Waals surface area contributed by atoms with Crippen LogP contribution in [-0.4, -0.2) is 0 Å². The lowest BCUT2D eigenvalue weighted by molar-refractivity contribution is 0.556. The normalized spacial score (nSPS) is 11.4. The smallest absolute Gasteiger partial charge is 0.0358 e. The van der Waals surface area contributed by atoms with Crippen LogP contribution >= 0.6 is 0 Å². The van der Waals surface area contributed by atoms with Crippen LogP contribution in [0.4, 0.5) is 0 Å². The van der Waals surface area contributed by atoms with Crippen LogP contribution in [0.1, 0.15) is 19.4 Å². The zero-order valence-corrected chi connectivity index (χ0v) is 9.77. The van der Waals surface area contributed by atoms with E-state index in [0.29, 0.717) is 0 Å². The topological polar surface area (TPSA) is 26.0 Å². The van der Waals surface area contributed by atoms with Gasteiger partial charge in [-0.25, -0.2) is 0 Å². The van der Waals surface area contributed by atoms with Crippen molar-refractivity contribution < 1.29 is 0 Å². The molecule has 0 atom stereocenters. The highest BCUT2D eigenvalue weighted by molar-refractivity contribution is 5.68. The van der Waals surface area contributed by atoms with Gasteiger partial charge in [-0.1, -0.05) is 54.6 Å². The predicted octanol–water partition coefficient (Wildman–Crippen LogP) is 3.55. The average Bonchev–Trinajstić information content (AvgIpc) is 2.29. The Morgan fingerprint density at radius 1 is 0.812 bits per heavy atom. The molecule has 0 heterocycles. The van der Waals surface area contributed by atoms with Crippen LogP contribution in [0.25, 0.3) is 11.1 Å². The van der Waals surface area contributed by atoms with Crippen molar-refractivity contribution in [2.75, 3.05) is 0 Å². The molecule has 0 aliphatic carbocycles. The Kier molecular flexibility index (Phi) is 2.80. The van der Waals surface area contributed by atoms with Gasteiger partial charge in [0.05, 0.1) is 0 Å². The third-order valence-electron chi connectivity index (χ3n) is 2.71. The van der Waals surface area contributed by atoms with Gasteiger partial charge >= 0.3 is 0 Å². The maximum absolute atomic E-state index is 6.19. The first-order valence-corrected chi connectivity index (χ1v) is 5.53. The van der Waals surface area contributed by atoms with E-state index in [9.17, 15) is 0 Å². The number of hydrogen-bond acceptors (Lipinski definition) is 1. The summed E-state index contributed by atoms with van der Waals surface area (Å²) >= 11 is 0. The average molecular weight is 211 g/mol. The van der Waals surface area contributed by atoms with Crippen LogP contribution in [0.15, 0.2) is 54.6 Å². The van der Waals surface area contributed by atoms with Crippen molar-refractivity contribution >= 4 is 0 Å². The third-order valence-corrected chi connectivity index (χ3v) is 2.71. The molecule has 0 radical (unpaired) electrons. The zero-order valence-electron chi connectivity index (χ0n) is 9.77. The minimum Gasteiger partial charge on any atom is -0.322 e. The first-order valence-electron chi connectivity index (χ1n) is 5.53. The van der Waals surface area contributed by atoms with Gasteiger partial charge < -0.3 is 5.73 Å². The van der Waals surface area contributed by atoms with Crippen molar-refractivity contribution in [2.45, 2.75) is 19.4 Å². The molecule has 1 heteroatoms. The molecular formula is C15H17N. The number of rotatable bonds is 2. The van der Waals surface area contributed by atoms with Crippen LogP contribution in [0.5, 0.6) is 0 Å². The summed E-state index contributed by atoms with van der Waals surface area (Å²) in [5.41, 5.74) is 9.50. The summed E-state index contributed by atoms with van der Waals surface area (Å²) in [6.45, 7) is 4.07. The molecule has 0 bridgehead atoms. The van der Waals surface area contributed by atoms with Crippen molar-refractivity contribution in [3.8, 4) is 11.1 Å². The maximum atomic E-state index is 6.19. The molecule has 0 amide bonds. The Balaban J connectivity index is 2.58. The monoisotopic (exact) mass is 211 g/mol. The quantitative estimate of drug-likeness (QED) is 0.807. The molecule has 0 saturated carbocycles. The van der Waals surface area contributed by atoms with E-state index in [-0.39, 0.29) is 5.54 Å². The summed E-state index contributed by atoms with van der Waals surface area (Å²) in [7, 11) is 0. The van der Waals surface area contributed by atoms with E-state index in [2.05, 4.69) is 42.5 Å². The number of hydrogen-bond donors (Lipinski definition) is 1. The molecule has 82 valence electrons. The fourth-order valence-electron chi connectivity index (χ4n) is 1.91. The van der Waals surface area contributed by atoms with E-state index >= 15 is 0 Å². The number of nitrogens with two attached hydrogens (primary N) is 1. The first-order chi connectivity index (χ1) is 7.59. The van der Waals surface area contributed by atoms with Crippen LogP contribution in [0, 0.1) is 0 Å². The molecule has 0 unspecified atom stereocenters. The second kappa shape index (κ2) is 4.11. The van der Waals surface area contributed by atoms with Crippen molar-refractivity contribution in [3.63, 3.8) is 0 Å². The van der Waals surface area contributed by atoms with Gasteiger partial charge in [0.1, 0.15) is 0 Å². The highest BCUT2D eigenvalue weighted by Crippen LogP contribution is 2.29. The highest BCUT2D eigenvalue weighted by atomic mass is 14.7. The van der Waals surface area contributed by atoms with Gasteiger partial charge in [0.2, 0.25) is 0 Å². The molecule has 0 aliphatic heterocycles. The van der Waals surface area contributed by atoms with Gasteiger partial charge in [-0.15, -0.1) is 0 Å². The molecule has 0 fully saturated rings. The highest BCUT2D eigenvalue weighted by Gasteiger charge is 2.18. The lowest BCUT2D eigenvalue weighted by atomic mass is 9.88. The van der Waals surface area contributed by atoms with Gasteiger partial charge in [0.25, 0.3) is 0 Å². The first kappa shape index (κ1) is 10.9. The van der Waals surface area contributed by atoms with Gasteiger partial charge in [-0.2, -0.15) is 0 Å². The zero-order chi connectivity index (χ0) is 11.6. The summed E-state index contributed by atoms with van der Waals surface area (Å²) in [6.07, 6.45) is 0. The Bertz CT molecular complexity index is 466. The summed E-state index contributed by atoms with van der Waals surface area (Å²) in [6, 6.07) is 18.7.